The van der Waals surface area contributed by atoms with Gasteiger partial charge < -0.3 is 10.2 Å². The molecule has 0 radical (unpaired) electrons. The fraction of sp³-hybridized carbons (Fsp3) is 0.786. The second kappa shape index (κ2) is 6.11. The number of amides is 1. The minimum absolute atomic E-state index is 0.113. The lowest BCUT2D eigenvalue weighted by Gasteiger charge is -2.32. The molecule has 7 nitrogen and oxygen atoms in total. The van der Waals surface area contributed by atoms with Crippen molar-refractivity contribution in [2.45, 2.75) is 56.5 Å². The van der Waals surface area contributed by atoms with E-state index in [1.807, 2.05) is 7.05 Å². The molecule has 2 fully saturated rings. The molecule has 0 spiro atoms. The predicted molar refractivity (Wildman–Crippen MR) is 77.8 cm³/mol. The third-order valence-electron chi connectivity index (χ3n) is 4.37. The molecule has 2 aliphatic carbocycles. The van der Waals surface area contributed by atoms with E-state index in [4.69, 9.17) is 10.2 Å². The smallest absolute Gasteiger partial charge is 0.322 e. The maximum atomic E-state index is 12.0. The zero-order valence-corrected chi connectivity index (χ0v) is 12.4. The van der Waals surface area contributed by atoms with Gasteiger partial charge >= 0.3 is 6.01 Å². The summed E-state index contributed by atoms with van der Waals surface area (Å²) >= 11 is 0. The maximum absolute atomic E-state index is 12.0. The van der Waals surface area contributed by atoms with Crippen LogP contribution in [0.4, 0.5) is 6.01 Å². The molecule has 0 aliphatic heterocycles. The van der Waals surface area contributed by atoms with Crippen LogP contribution in [0.3, 0.4) is 0 Å². The number of carbonyl (C=O) groups is 1. The molecule has 1 heterocycles. The number of nitrogens with two attached hydrogens (primary N) is 1. The van der Waals surface area contributed by atoms with Crippen molar-refractivity contribution in [3.63, 3.8) is 0 Å². The molecule has 0 unspecified atom stereocenters. The van der Waals surface area contributed by atoms with E-state index in [2.05, 4.69) is 20.4 Å². The Morgan fingerprint density at radius 3 is 2.67 bits per heavy atom. The second-order valence-corrected chi connectivity index (χ2v) is 6.25. The van der Waals surface area contributed by atoms with Crippen molar-refractivity contribution in [3.05, 3.63) is 5.89 Å². The number of likely N-dealkylation sites (N-methyl/N-ethyl adjacent to an activating group) is 1. The molecule has 0 atom stereocenters. The molecular weight excluding hydrogens is 270 g/mol. The number of nitrogens with zero attached hydrogens (tertiary/aromatic N) is 3. The van der Waals surface area contributed by atoms with E-state index in [1.54, 1.807) is 0 Å². The van der Waals surface area contributed by atoms with E-state index in [0.29, 0.717) is 30.4 Å². The maximum Gasteiger partial charge on any atom is 0.322 e. The lowest BCUT2D eigenvalue weighted by molar-refractivity contribution is -0.117. The fourth-order valence-electron chi connectivity index (χ4n) is 2.84. The average Bonchev–Trinajstić information content (AvgIpc) is 3.20. The Kier molecular flexibility index (Phi) is 4.21. The van der Waals surface area contributed by atoms with Crippen LogP contribution in [0.15, 0.2) is 4.42 Å². The van der Waals surface area contributed by atoms with E-state index >= 15 is 0 Å². The van der Waals surface area contributed by atoms with E-state index in [9.17, 15) is 4.79 Å². The Balaban J connectivity index is 1.46. The van der Waals surface area contributed by atoms with Crippen LogP contribution >= 0.6 is 0 Å². The van der Waals surface area contributed by atoms with Gasteiger partial charge in [-0.15, -0.1) is 5.10 Å². The van der Waals surface area contributed by atoms with Crippen molar-refractivity contribution in [2.24, 2.45) is 5.73 Å². The normalized spacial score (nSPS) is 26.0. The number of hydrogen-bond donors (Lipinski definition) is 2. The summed E-state index contributed by atoms with van der Waals surface area (Å²) in [4.78, 5) is 14.1. The first-order chi connectivity index (χ1) is 10.1. The molecule has 3 N–H and O–H groups in total. The summed E-state index contributed by atoms with van der Waals surface area (Å²) in [6.07, 6.45) is 6.37. The van der Waals surface area contributed by atoms with Gasteiger partial charge in [-0.2, -0.15) is 0 Å². The van der Waals surface area contributed by atoms with E-state index in [-0.39, 0.29) is 11.9 Å². The van der Waals surface area contributed by atoms with Crippen LogP contribution in [-0.4, -0.2) is 46.7 Å². The minimum Gasteiger partial charge on any atom is -0.408 e. The molecule has 1 aromatic heterocycles. The Bertz CT molecular complexity index is 491. The molecule has 116 valence electrons. The number of carbonyl (C=O) groups excluding carboxylic acids is 1. The van der Waals surface area contributed by atoms with Crippen molar-refractivity contribution in [3.8, 4) is 0 Å². The number of anilines is 1. The largest absolute Gasteiger partial charge is 0.408 e. The van der Waals surface area contributed by atoms with Crippen molar-refractivity contribution >= 4 is 11.9 Å². The highest BCUT2D eigenvalue weighted by molar-refractivity contribution is 5.90. The molecule has 1 amide bonds. The summed E-state index contributed by atoms with van der Waals surface area (Å²) in [6.45, 7) is 0.334. The summed E-state index contributed by atoms with van der Waals surface area (Å²) in [5.74, 6) is 0.926. The van der Waals surface area contributed by atoms with Gasteiger partial charge in [0.2, 0.25) is 11.8 Å². The summed E-state index contributed by atoms with van der Waals surface area (Å²) in [5.41, 5.74) is 5.91. The minimum atomic E-state index is -0.113. The summed E-state index contributed by atoms with van der Waals surface area (Å²) < 4.78 is 5.43. The number of nitrogens with one attached hydrogen (secondary N) is 1. The van der Waals surface area contributed by atoms with E-state index in [1.165, 1.54) is 0 Å². The molecule has 2 saturated carbocycles. The summed E-state index contributed by atoms with van der Waals surface area (Å²) in [7, 11) is 1.98. The molecule has 21 heavy (non-hydrogen) atoms. The van der Waals surface area contributed by atoms with E-state index < -0.39 is 0 Å². The highest BCUT2D eigenvalue weighted by Crippen LogP contribution is 2.39. The standard InChI is InChI=1S/C14H23N5O2/c1-19(11-6-4-10(15)5-7-11)8-12(20)16-14-18-17-13(21-14)9-2-3-9/h9-11H,2-8,15H2,1H3,(H,16,18,20). The highest BCUT2D eigenvalue weighted by atomic mass is 16.4. The van der Waals surface area contributed by atoms with Crippen molar-refractivity contribution in [2.75, 3.05) is 18.9 Å². The van der Waals surface area contributed by atoms with Crippen LogP contribution in [-0.2, 0) is 4.79 Å². The first-order valence-corrected chi connectivity index (χ1v) is 7.71. The van der Waals surface area contributed by atoms with Gasteiger partial charge in [0.1, 0.15) is 0 Å². The van der Waals surface area contributed by atoms with Crippen molar-refractivity contribution < 1.29 is 9.21 Å². The first kappa shape index (κ1) is 14.5. The van der Waals surface area contributed by atoms with Gasteiger partial charge in [0, 0.05) is 18.0 Å². The third kappa shape index (κ3) is 3.79. The lowest BCUT2D eigenvalue weighted by atomic mass is 9.91. The summed E-state index contributed by atoms with van der Waals surface area (Å²) in [5, 5.41) is 10.5. The molecule has 2 aliphatic rings. The van der Waals surface area contributed by atoms with Gasteiger partial charge in [-0.05, 0) is 45.6 Å². The van der Waals surface area contributed by atoms with E-state index in [0.717, 1.165) is 38.5 Å². The Morgan fingerprint density at radius 2 is 2.00 bits per heavy atom. The van der Waals surface area contributed by atoms with Gasteiger partial charge in [-0.25, -0.2) is 0 Å². The second-order valence-electron chi connectivity index (χ2n) is 6.25. The molecular formula is C14H23N5O2. The van der Waals surface area contributed by atoms with Crippen molar-refractivity contribution in [1.82, 2.24) is 15.1 Å². The monoisotopic (exact) mass is 293 g/mol. The van der Waals surface area contributed by atoms with Gasteiger partial charge in [-0.1, -0.05) is 5.10 Å². The first-order valence-electron chi connectivity index (χ1n) is 7.71. The lowest BCUT2D eigenvalue weighted by Crippen LogP contribution is -2.42. The third-order valence-corrected chi connectivity index (χ3v) is 4.37. The number of hydrogen-bond acceptors (Lipinski definition) is 6. The SMILES string of the molecule is CN(CC(=O)Nc1nnc(C2CC2)o1)C1CCC(N)CC1. The predicted octanol–water partition coefficient (Wildman–Crippen LogP) is 1.09. The summed E-state index contributed by atoms with van der Waals surface area (Å²) in [6, 6.07) is 0.962. The Labute approximate surface area is 124 Å². The average molecular weight is 293 g/mol. The van der Waals surface area contributed by atoms with Gasteiger partial charge in [0.25, 0.3) is 0 Å². The van der Waals surface area contributed by atoms with Crippen LogP contribution in [0, 0.1) is 0 Å². The molecule has 0 bridgehead atoms. The Morgan fingerprint density at radius 1 is 1.29 bits per heavy atom. The van der Waals surface area contributed by atoms with Gasteiger partial charge in [0.05, 0.1) is 6.54 Å². The van der Waals surface area contributed by atoms with Crippen LogP contribution < -0.4 is 11.1 Å². The van der Waals surface area contributed by atoms with Crippen molar-refractivity contribution in [1.29, 1.82) is 0 Å². The van der Waals surface area contributed by atoms with Crippen LogP contribution in [0.5, 0.6) is 0 Å². The van der Waals surface area contributed by atoms with Gasteiger partial charge in [0.15, 0.2) is 0 Å². The Hall–Kier alpha value is -1.47. The highest BCUT2D eigenvalue weighted by Gasteiger charge is 2.30. The molecule has 1 aromatic rings. The molecule has 0 saturated heterocycles. The number of rotatable bonds is 5. The molecule has 0 aromatic carbocycles. The molecule has 3 rings (SSSR count). The van der Waals surface area contributed by atoms with Gasteiger partial charge in [-0.3, -0.25) is 15.0 Å². The van der Waals surface area contributed by atoms with Crippen LogP contribution in [0.2, 0.25) is 0 Å². The fourth-order valence-corrected chi connectivity index (χ4v) is 2.84. The zero-order valence-electron chi connectivity index (χ0n) is 12.4. The number of aromatic nitrogens is 2. The zero-order chi connectivity index (χ0) is 14.8. The van der Waals surface area contributed by atoms with Crippen LogP contribution in [0.1, 0.15) is 50.3 Å². The quantitative estimate of drug-likeness (QED) is 0.843. The topological polar surface area (TPSA) is 97.3 Å². The van der Waals surface area contributed by atoms with Crippen LogP contribution in [0.25, 0.3) is 0 Å². The molecule has 7 heteroatoms.